The van der Waals surface area contributed by atoms with Crippen LogP contribution in [0.2, 0.25) is 0 Å². The molecule has 2 N–H and O–H groups in total. The third kappa shape index (κ3) is 2.52. The van der Waals surface area contributed by atoms with Gasteiger partial charge in [-0.2, -0.15) is 9.97 Å². The third-order valence-corrected chi connectivity index (χ3v) is 3.31. The lowest BCUT2D eigenvalue weighted by atomic mass is 10.2. The van der Waals surface area contributed by atoms with Crippen molar-refractivity contribution in [3.8, 4) is 0 Å². The van der Waals surface area contributed by atoms with Crippen molar-refractivity contribution in [2.75, 3.05) is 23.8 Å². The van der Waals surface area contributed by atoms with E-state index in [4.69, 9.17) is 0 Å². The van der Waals surface area contributed by atoms with Gasteiger partial charge in [-0.1, -0.05) is 12.1 Å². The predicted octanol–water partition coefficient (Wildman–Crippen LogP) is 2.86. The number of fused-ring (bicyclic) bond motifs is 1. The van der Waals surface area contributed by atoms with Crippen molar-refractivity contribution >= 4 is 28.6 Å². The monoisotopic (exact) mass is 282 g/mol. The number of aromatic nitrogens is 4. The van der Waals surface area contributed by atoms with E-state index in [1.54, 1.807) is 6.33 Å². The topological polar surface area (TPSA) is 69.7 Å². The van der Waals surface area contributed by atoms with E-state index in [0.29, 0.717) is 11.6 Å². The Morgan fingerprint density at radius 2 is 2.14 bits per heavy atom. The molecule has 0 fully saturated rings. The number of anilines is 3. The minimum atomic E-state index is 0.589. The van der Waals surface area contributed by atoms with Crippen molar-refractivity contribution in [2.24, 2.45) is 0 Å². The van der Waals surface area contributed by atoms with Gasteiger partial charge in [-0.25, -0.2) is 4.98 Å². The van der Waals surface area contributed by atoms with E-state index in [0.717, 1.165) is 23.6 Å². The zero-order valence-corrected chi connectivity index (χ0v) is 12.4. The first-order valence-electron chi connectivity index (χ1n) is 6.94. The van der Waals surface area contributed by atoms with Crippen LogP contribution >= 0.6 is 0 Å². The van der Waals surface area contributed by atoms with Gasteiger partial charge in [-0.05, 0) is 31.5 Å². The quantitative estimate of drug-likeness (QED) is 0.770. The Kier molecular flexibility index (Phi) is 3.43. The van der Waals surface area contributed by atoms with Crippen LogP contribution in [0.15, 0.2) is 30.6 Å². The number of hydrogen-bond donors (Lipinski definition) is 2. The van der Waals surface area contributed by atoms with Crippen molar-refractivity contribution in [3.05, 3.63) is 36.2 Å². The highest BCUT2D eigenvalue weighted by atomic mass is 15.2. The molecule has 3 aromatic rings. The van der Waals surface area contributed by atoms with E-state index in [1.807, 2.05) is 24.9 Å². The number of imidazole rings is 1. The highest BCUT2D eigenvalue weighted by Gasteiger charge is 2.14. The molecule has 2 aromatic heterocycles. The largest absolute Gasteiger partial charge is 0.354 e. The van der Waals surface area contributed by atoms with Crippen molar-refractivity contribution < 1.29 is 0 Å². The molecule has 0 saturated carbocycles. The lowest BCUT2D eigenvalue weighted by Gasteiger charge is -2.19. The van der Waals surface area contributed by atoms with E-state index in [2.05, 4.69) is 50.4 Å². The van der Waals surface area contributed by atoms with E-state index in [9.17, 15) is 0 Å². The smallest absolute Gasteiger partial charge is 0.226 e. The number of aryl methyl sites for hydroxylation is 1. The molecule has 0 aliphatic rings. The van der Waals surface area contributed by atoms with Gasteiger partial charge in [0.15, 0.2) is 11.5 Å². The fourth-order valence-corrected chi connectivity index (χ4v) is 2.26. The molecule has 6 heteroatoms. The molecule has 0 spiro atoms. The number of aromatic amines is 1. The zero-order chi connectivity index (χ0) is 14.8. The minimum Gasteiger partial charge on any atom is -0.354 e. The highest BCUT2D eigenvalue weighted by molar-refractivity contribution is 5.86. The van der Waals surface area contributed by atoms with E-state index in [-0.39, 0.29) is 0 Å². The van der Waals surface area contributed by atoms with Crippen LogP contribution in [0.4, 0.5) is 17.5 Å². The van der Waals surface area contributed by atoms with Crippen molar-refractivity contribution in [1.29, 1.82) is 0 Å². The molecule has 6 nitrogen and oxygen atoms in total. The summed E-state index contributed by atoms with van der Waals surface area (Å²) in [6, 6.07) is 8.30. The summed E-state index contributed by atoms with van der Waals surface area (Å²) in [6.07, 6.45) is 1.64. The van der Waals surface area contributed by atoms with Gasteiger partial charge >= 0.3 is 0 Å². The summed E-state index contributed by atoms with van der Waals surface area (Å²) in [5, 5.41) is 3.14. The highest BCUT2D eigenvalue weighted by Crippen LogP contribution is 2.28. The molecule has 2 heterocycles. The summed E-state index contributed by atoms with van der Waals surface area (Å²) in [7, 11) is 1.99. The van der Waals surface area contributed by atoms with Crippen LogP contribution < -0.4 is 10.2 Å². The zero-order valence-electron chi connectivity index (χ0n) is 12.4. The molecule has 1 aromatic carbocycles. The van der Waals surface area contributed by atoms with Gasteiger partial charge in [0, 0.05) is 19.3 Å². The summed E-state index contributed by atoms with van der Waals surface area (Å²) in [5.41, 5.74) is 3.78. The maximum absolute atomic E-state index is 4.60. The molecule has 0 aliphatic heterocycles. The second-order valence-electron chi connectivity index (χ2n) is 4.90. The van der Waals surface area contributed by atoms with Crippen LogP contribution in [0.1, 0.15) is 12.5 Å². The number of benzene rings is 1. The summed E-state index contributed by atoms with van der Waals surface area (Å²) in [6.45, 7) is 4.86. The first kappa shape index (κ1) is 13.4. The summed E-state index contributed by atoms with van der Waals surface area (Å²) in [5.74, 6) is 1.39. The fraction of sp³-hybridized carbons (Fsp3) is 0.267. The molecule has 0 atom stereocenters. The summed E-state index contributed by atoms with van der Waals surface area (Å²) < 4.78 is 0. The second-order valence-corrected chi connectivity index (χ2v) is 4.90. The average Bonchev–Trinajstić information content (AvgIpc) is 2.94. The van der Waals surface area contributed by atoms with Gasteiger partial charge in [0.05, 0.1) is 6.33 Å². The number of rotatable bonds is 4. The normalized spacial score (nSPS) is 10.8. The Balaban J connectivity index is 2.11. The molecule has 0 unspecified atom stereocenters. The lowest BCUT2D eigenvalue weighted by molar-refractivity contribution is 1.06. The van der Waals surface area contributed by atoms with Crippen LogP contribution in [0.25, 0.3) is 11.2 Å². The Hall–Kier alpha value is -2.63. The van der Waals surface area contributed by atoms with Crippen LogP contribution in [-0.4, -0.2) is 33.5 Å². The molecule has 0 amide bonds. The Morgan fingerprint density at radius 1 is 1.29 bits per heavy atom. The molecule has 0 radical (unpaired) electrons. The van der Waals surface area contributed by atoms with Gasteiger partial charge in [0.1, 0.15) is 5.52 Å². The van der Waals surface area contributed by atoms with Crippen LogP contribution in [0, 0.1) is 6.92 Å². The molecular formula is C15H18N6. The van der Waals surface area contributed by atoms with Gasteiger partial charge in [0.25, 0.3) is 0 Å². The lowest BCUT2D eigenvalue weighted by Crippen LogP contribution is -2.14. The first-order valence-corrected chi connectivity index (χ1v) is 6.94. The van der Waals surface area contributed by atoms with Crippen LogP contribution in [-0.2, 0) is 0 Å². The van der Waals surface area contributed by atoms with E-state index < -0.39 is 0 Å². The SMILES string of the molecule is CCNc1nc(N(C)c2cccc(C)c2)c2[nH]cnc2n1. The van der Waals surface area contributed by atoms with E-state index >= 15 is 0 Å². The molecule has 0 saturated heterocycles. The van der Waals surface area contributed by atoms with Crippen LogP contribution in [0.3, 0.4) is 0 Å². The second kappa shape index (κ2) is 5.40. The number of nitrogens with zero attached hydrogens (tertiary/aromatic N) is 4. The third-order valence-electron chi connectivity index (χ3n) is 3.31. The van der Waals surface area contributed by atoms with Gasteiger partial charge in [-0.3, -0.25) is 0 Å². The Labute approximate surface area is 123 Å². The number of nitrogens with one attached hydrogen (secondary N) is 2. The first-order chi connectivity index (χ1) is 10.2. The van der Waals surface area contributed by atoms with Gasteiger partial charge in [0.2, 0.25) is 5.95 Å². The molecular weight excluding hydrogens is 264 g/mol. The molecule has 3 rings (SSSR count). The van der Waals surface area contributed by atoms with Crippen molar-refractivity contribution in [1.82, 2.24) is 19.9 Å². The molecule has 0 aliphatic carbocycles. The van der Waals surface area contributed by atoms with Crippen molar-refractivity contribution in [3.63, 3.8) is 0 Å². The Bertz CT molecular complexity index is 764. The fourth-order valence-electron chi connectivity index (χ4n) is 2.26. The summed E-state index contributed by atoms with van der Waals surface area (Å²) in [4.78, 5) is 18.4. The maximum atomic E-state index is 4.60. The number of H-pyrrole nitrogens is 1. The minimum absolute atomic E-state index is 0.589. The van der Waals surface area contributed by atoms with Crippen LogP contribution in [0.5, 0.6) is 0 Å². The van der Waals surface area contributed by atoms with E-state index in [1.165, 1.54) is 5.56 Å². The predicted molar refractivity (Wildman–Crippen MR) is 85.1 cm³/mol. The average molecular weight is 282 g/mol. The molecule has 108 valence electrons. The molecule has 21 heavy (non-hydrogen) atoms. The molecule has 0 bridgehead atoms. The standard InChI is InChI=1S/C15H18N6/c1-4-16-15-19-13-12(17-9-18-13)14(20-15)21(3)11-7-5-6-10(2)8-11/h5-9H,4H2,1-3H3,(H2,16,17,18,19,20). The maximum Gasteiger partial charge on any atom is 0.226 e. The summed E-state index contributed by atoms with van der Waals surface area (Å²) >= 11 is 0. The Morgan fingerprint density at radius 3 is 2.90 bits per heavy atom. The number of hydrogen-bond acceptors (Lipinski definition) is 5. The van der Waals surface area contributed by atoms with Crippen molar-refractivity contribution in [2.45, 2.75) is 13.8 Å². The van der Waals surface area contributed by atoms with Gasteiger partial charge in [-0.15, -0.1) is 0 Å². The van der Waals surface area contributed by atoms with Gasteiger partial charge < -0.3 is 15.2 Å².